The third kappa shape index (κ3) is 3.27. The highest BCUT2D eigenvalue weighted by atomic mass is 19.1. The van der Waals surface area contributed by atoms with Crippen molar-refractivity contribution in [3.8, 4) is 0 Å². The van der Waals surface area contributed by atoms with Gasteiger partial charge in [0.15, 0.2) is 0 Å². The number of hydrogen-bond acceptors (Lipinski definition) is 2. The molecule has 3 rings (SSSR count). The van der Waals surface area contributed by atoms with Crippen molar-refractivity contribution >= 4 is 5.69 Å². The Balaban J connectivity index is 1.69. The third-order valence-corrected chi connectivity index (χ3v) is 3.95. The number of rotatable bonds is 7. The van der Waals surface area contributed by atoms with Crippen LogP contribution in [0.2, 0.25) is 0 Å². The molecule has 1 aromatic rings. The van der Waals surface area contributed by atoms with E-state index < -0.39 is 0 Å². The van der Waals surface area contributed by atoms with Crippen molar-refractivity contribution in [2.75, 3.05) is 11.4 Å². The van der Waals surface area contributed by atoms with E-state index in [9.17, 15) is 4.39 Å². The van der Waals surface area contributed by atoms with Gasteiger partial charge in [0, 0.05) is 25.2 Å². The Bertz CT molecular complexity index is 438. The van der Waals surface area contributed by atoms with Crippen molar-refractivity contribution in [1.82, 2.24) is 5.32 Å². The van der Waals surface area contributed by atoms with Gasteiger partial charge in [0.1, 0.15) is 5.82 Å². The summed E-state index contributed by atoms with van der Waals surface area (Å²) in [4.78, 5) is 2.24. The number of halogens is 1. The van der Waals surface area contributed by atoms with E-state index in [1.807, 2.05) is 6.07 Å². The molecule has 2 fully saturated rings. The zero-order valence-corrected chi connectivity index (χ0v) is 11.7. The average Bonchev–Trinajstić information content (AvgIpc) is 3.28. The summed E-state index contributed by atoms with van der Waals surface area (Å²) in [6, 6.07) is 6.98. The maximum atomic E-state index is 14.3. The standard InChI is InChI=1S/C16H23FN2/c1-2-9-19(14-6-7-14)16-8-3-12(10-15(16)17)11-18-13-4-5-13/h3,8,10,13-14,18H,2,4-7,9,11H2,1H3. The van der Waals surface area contributed by atoms with Crippen LogP contribution in [-0.2, 0) is 6.54 Å². The molecule has 0 unspecified atom stereocenters. The molecule has 2 saturated carbocycles. The summed E-state index contributed by atoms with van der Waals surface area (Å²) in [5.74, 6) is -0.0598. The van der Waals surface area contributed by atoms with Crippen LogP contribution in [0.4, 0.5) is 10.1 Å². The highest BCUT2D eigenvalue weighted by molar-refractivity contribution is 5.51. The summed E-state index contributed by atoms with van der Waals surface area (Å²) in [5, 5.41) is 3.43. The molecule has 0 spiro atoms. The Morgan fingerprint density at radius 2 is 2.05 bits per heavy atom. The van der Waals surface area contributed by atoms with Gasteiger partial charge in [-0.15, -0.1) is 0 Å². The van der Waals surface area contributed by atoms with E-state index in [4.69, 9.17) is 0 Å². The largest absolute Gasteiger partial charge is 0.366 e. The molecule has 0 atom stereocenters. The van der Waals surface area contributed by atoms with Crippen LogP contribution in [0.5, 0.6) is 0 Å². The van der Waals surface area contributed by atoms with Gasteiger partial charge in [0.25, 0.3) is 0 Å². The van der Waals surface area contributed by atoms with Crippen LogP contribution in [0.25, 0.3) is 0 Å². The van der Waals surface area contributed by atoms with Crippen molar-refractivity contribution in [3.05, 3.63) is 29.6 Å². The van der Waals surface area contributed by atoms with Gasteiger partial charge in [-0.05, 0) is 49.8 Å². The Hall–Kier alpha value is -1.09. The molecule has 2 aliphatic carbocycles. The van der Waals surface area contributed by atoms with E-state index in [0.717, 1.165) is 30.8 Å². The fourth-order valence-electron chi connectivity index (χ4n) is 2.57. The summed E-state index contributed by atoms with van der Waals surface area (Å²) in [6.45, 7) is 3.90. The fourth-order valence-corrected chi connectivity index (χ4v) is 2.57. The topological polar surface area (TPSA) is 15.3 Å². The van der Waals surface area contributed by atoms with Crippen LogP contribution in [0.1, 0.15) is 44.6 Å². The van der Waals surface area contributed by atoms with E-state index in [-0.39, 0.29) is 5.82 Å². The van der Waals surface area contributed by atoms with Crippen LogP contribution in [0.3, 0.4) is 0 Å². The molecule has 0 aromatic heterocycles. The van der Waals surface area contributed by atoms with Crippen molar-refractivity contribution in [1.29, 1.82) is 0 Å². The summed E-state index contributed by atoms with van der Waals surface area (Å²) in [5.41, 5.74) is 1.85. The molecule has 0 radical (unpaired) electrons. The number of hydrogen-bond donors (Lipinski definition) is 1. The van der Waals surface area contributed by atoms with Crippen LogP contribution >= 0.6 is 0 Å². The predicted molar refractivity (Wildman–Crippen MR) is 76.9 cm³/mol. The van der Waals surface area contributed by atoms with E-state index in [2.05, 4.69) is 23.2 Å². The first-order valence-electron chi connectivity index (χ1n) is 7.56. The lowest BCUT2D eigenvalue weighted by Crippen LogP contribution is -2.27. The predicted octanol–water partition coefficient (Wildman–Crippen LogP) is 3.46. The van der Waals surface area contributed by atoms with Gasteiger partial charge in [-0.3, -0.25) is 0 Å². The smallest absolute Gasteiger partial charge is 0.146 e. The average molecular weight is 262 g/mol. The molecule has 3 heteroatoms. The maximum absolute atomic E-state index is 14.3. The molecule has 2 nitrogen and oxygen atoms in total. The molecule has 0 saturated heterocycles. The Morgan fingerprint density at radius 3 is 2.63 bits per heavy atom. The summed E-state index contributed by atoms with van der Waals surface area (Å²) in [7, 11) is 0. The van der Waals surface area contributed by atoms with E-state index >= 15 is 0 Å². The molecule has 0 bridgehead atoms. The molecule has 19 heavy (non-hydrogen) atoms. The van der Waals surface area contributed by atoms with Gasteiger partial charge < -0.3 is 10.2 Å². The molecule has 0 amide bonds. The second kappa shape index (κ2) is 5.49. The maximum Gasteiger partial charge on any atom is 0.146 e. The van der Waals surface area contributed by atoms with Crippen molar-refractivity contribution < 1.29 is 4.39 Å². The fraction of sp³-hybridized carbons (Fsp3) is 0.625. The Kier molecular flexibility index (Phi) is 3.74. The van der Waals surface area contributed by atoms with E-state index in [1.165, 1.54) is 25.7 Å². The lowest BCUT2D eigenvalue weighted by molar-refractivity contribution is 0.607. The van der Waals surface area contributed by atoms with Crippen molar-refractivity contribution in [2.45, 2.75) is 57.7 Å². The minimum Gasteiger partial charge on any atom is -0.366 e. The summed E-state index contributed by atoms with van der Waals surface area (Å²) < 4.78 is 14.3. The van der Waals surface area contributed by atoms with Crippen LogP contribution < -0.4 is 10.2 Å². The highest BCUT2D eigenvalue weighted by Gasteiger charge is 2.30. The minimum absolute atomic E-state index is 0.0598. The van der Waals surface area contributed by atoms with Gasteiger partial charge in [0.2, 0.25) is 0 Å². The van der Waals surface area contributed by atoms with Crippen LogP contribution in [0, 0.1) is 5.82 Å². The monoisotopic (exact) mass is 262 g/mol. The molecule has 1 N–H and O–H groups in total. The van der Waals surface area contributed by atoms with Gasteiger partial charge >= 0.3 is 0 Å². The Morgan fingerprint density at radius 1 is 1.26 bits per heavy atom. The van der Waals surface area contributed by atoms with E-state index in [0.29, 0.717) is 12.1 Å². The highest BCUT2D eigenvalue weighted by Crippen LogP contribution is 2.33. The van der Waals surface area contributed by atoms with Gasteiger partial charge in [-0.1, -0.05) is 13.0 Å². The first-order valence-corrected chi connectivity index (χ1v) is 7.56. The zero-order valence-electron chi connectivity index (χ0n) is 11.7. The first kappa shape index (κ1) is 12.9. The van der Waals surface area contributed by atoms with Gasteiger partial charge in [-0.2, -0.15) is 0 Å². The first-order chi connectivity index (χ1) is 9.28. The van der Waals surface area contributed by atoms with Gasteiger partial charge in [0.05, 0.1) is 5.69 Å². The van der Waals surface area contributed by atoms with Crippen molar-refractivity contribution in [2.24, 2.45) is 0 Å². The second-order valence-electron chi connectivity index (χ2n) is 5.87. The molecule has 0 heterocycles. The number of nitrogens with zero attached hydrogens (tertiary/aromatic N) is 1. The van der Waals surface area contributed by atoms with Crippen LogP contribution in [0.15, 0.2) is 18.2 Å². The SMILES string of the molecule is CCCN(c1ccc(CNC2CC2)cc1F)C1CC1. The molecule has 104 valence electrons. The molecular formula is C16H23FN2. The normalized spacial score (nSPS) is 18.6. The molecule has 2 aliphatic rings. The lowest BCUT2D eigenvalue weighted by atomic mass is 10.1. The Labute approximate surface area is 115 Å². The quantitative estimate of drug-likeness (QED) is 0.809. The molecular weight excluding hydrogens is 239 g/mol. The number of anilines is 1. The minimum atomic E-state index is -0.0598. The van der Waals surface area contributed by atoms with Crippen LogP contribution in [-0.4, -0.2) is 18.6 Å². The van der Waals surface area contributed by atoms with E-state index in [1.54, 1.807) is 6.07 Å². The molecule has 0 aliphatic heterocycles. The third-order valence-electron chi connectivity index (χ3n) is 3.95. The lowest BCUT2D eigenvalue weighted by Gasteiger charge is -2.25. The van der Waals surface area contributed by atoms with Crippen molar-refractivity contribution in [3.63, 3.8) is 0 Å². The number of benzene rings is 1. The summed E-state index contributed by atoms with van der Waals surface area (Å²) >= 11 is 0. The second-order valence-corrected chi connectivity index (χ2v) is 5.87. The van der Waals surface area contributed by atoms with Gasteiger partial charge in [-0.25, -0.2) is 4.39 Å². The molecule has 1 aromatic carbocycles. The summed E-state index contributed by atoms with van der Waals surface area (Å²) in [6.07, 6.45) is 6.04. The zero-order chi connectivity index (χ0) is 13.2. The number of nitrogens with one attached hydrogen (secondary N) is 1.